The molecule has 172 valence electrons. The van der Waals surface area contributed by atoms with Crippen molar-refractivity contribution >= 4 is 17.7 Å². The molecule has 6 nitrogen and oxygen atoms in total. The van der Waals surface area contributed by atoms with Gasteiger partial charge in [-0.25, -0.2) is 0 Å². The second-order valence-electron chi connectivity index (χ2n) is 9.43. The van der Waals surface area contributed by atoms with E-state index in [2.05, 4.69) is 0 Å². The predicted octanol–water partition coefficient (Wildman–Crippen LogP) is 3.25. The summed E-state index contributed by atoms with van der Waals surface area (Å²) < 4.78 is 0. The number of hydrogen-bond acceptors (Lipinski definition) is 3. The van der Waals surface area contributed by atoms with Crippen LogP contribution in [0, 0.1) is 11.8 Å². The minimum atomic E-state index is -0.286. The lowest BCUT2D eigenvalue weighted by Gasteiger charge is -2.44. The maximum atomic E-state index is 13.7. The Kier molecular flexibility index (Phi) is 6.16. The van der Waals surface area contributed by atoms with E-state index in [9.17, 15) is 14.4 Å². The lowest BCUT2D eigenvalue weighted by Crippen LogP contribution is -2.55. The highest BCUT2D eigenvalue weighted by Gasteiger charge is 2.43. The first kappa shape index (κ1) is 21.7. The summed E-state index contributed by atoms with van der Waals surface area (Å²) in [5, 5.41) is 0. The van der Waals surface area contributed by atoms with Gasteiger partial charge in [0.2, 0.25) is 17.7 Å². The fourth-order valence-electron chi connectivity index (χ4n) is 5.21. The SMILES string of the molecule is O=C(C1CC1)N1CCN(C(=O)[C@@H]2CCC(=O)N(Cc3ccccc3)[C@@H]2c2ccccc2)CC1. The summed E-state index contributed by atoms with van der Waals surface area (Å²) in [6.45, 7) is 2.85. The van der Waals surface area contributed by atoms with E-state index >= 15 is 0 Å². The molecule has 0 radical (unpaired) electrons. The van der Waals surface area contributed by atoms with Crippen LogP contribution in [0.25, 0.3) is 0 Å². The minimum Gasteiger partial charge on any atom is -0.339 e. The first-order valence-electron chi connectivity index (χ1n) is 12.1. The number of carbonyl (C=O) groups is 3. The van der Waals surface area contributed by atoms with E-state index in [0.29, 0.717) is 45.6 Å². The molecule has 2 aromatic rings. The third-order valence-electron chi connectivity index (χ3n) is 7.19. The Morgan fingerprint density at radius 2 is 1.33 bits per heavy atom. The molecule has 0 N–H and O–H groups in total. The fourth-order valence-corrected chi connectivity index (χ4v) is 5.21. The number of likely N-dealkylation sites (tertiary alicyclic amines) is 1. The maximum Gasteiger partial charge on any atom is 0.228 e. The van der Waals surface area contributed by atoms with Gasteiger partial charge >= 0.3 is 0 Å². The molecule has 6 heteroatoms. The molecule has 2 saturated heterocycles. The number of carbonyl (C=O) groups excluding carboxylic acids is 3. The van der Waals surface area contributed by atoms with Crippen molar-refractivity contribution in [3.63, 3.8) is 0 Å². The Hall–Kier alpha value is -3.15. The van der Waals surface area contributed by atoms with Crippen molar-refractivity contribution in [3.8, 4) is 0 Å². The third kappa shape index (κ3) is 4.65. The molecule has 1 saturated carbocycles. The zero-order valence-electron chi connectivity index (χ0n) is 18.9. The van der Waals surface area contributed by atoms with Crippen LogP contribution in [0.1, 0.15) is 42.9 Å². The highest BCUT2D eigenvalue weighted by molar-refractivity contribution is 5.86. The van der Waals surface area contributed by atoms with E-state index in [0.717, 1.165) is 24.0 Å². The van der Waals surface area contributed by atoms with Gasteiger partial charge in [-0.05, 0) is 30.4 Å². The van der Waals surface area contributed by atoms with E-state index in [1.54, 1.807) is 0 Å². The van der Waals surface area contributed by atoms with Gasteiger partial charge in [0, 0.05) is 45.1 Å². The molecular formula is C27H31N3O3. The third-order valence-corrected chi connectivity index (χ3v) is 7.19. The van der Waals surface area contributed by atoms with Gasteiger partial charge in [-0.3, -0.25) is 14.4 Å². The van der Waals surface area contributed by atoms with E-state index < -0.39 is 0 Å². The Bertz CT molecular complexity index is 998. The van der Waals surface area contributed by atoms with Crippen LogP contribution in [0.4, 0.5) is 0 Å². The first-order valence-corrected chi connectivity index (χ1v) is 12.1. The van der Waals surface area contributed by atoms with Gasteiger partial charge in [0.1, 0.15) is 0 Å². The smallest absolute Gasteiger partial charge is 0.228 e. The standard InChI is InChI=1S/C27H31N3O3/c31-24-14-13-23(27(33)29-17-15-28(16-18-29)26(32)22-11-12-22)25(21-9-5-2-6-10-21)30(24)19-20-7-3-1-4-8-20/h1-10,22-23,25H,11-19H2/t23-,25-/m1/s1. The van der Waals surface area contributed by atoms with Crippen molar-refractivity contribution in [2.45, 2.75) is 38.3 Å². The molecule has 2 atom stereocenters. The maximum absolute atomic E-state index is 13.7. The molecule has 3 aliphatic rings. The normalized spacial score (nSPS) is 23.5. The molecule has 33 heavy (non-hydrogen) atoms. The summed E-state index contributed by atoms with van der Waals surface area (Å²) >= 11 is 0. The van der Waals surface area contributed by atoms with Crippen LogP contribution >= 0.6 is 0 Å². The van der Waals surface area contributed by atoms with Gasteiger partial charge in [-0.2, -0.15) is 0 Å². The number of hydrogen-bond donors (Lipinski definition) is 0. The summed E-state index contributed by atoms with van der Waals surface area (Å²) in [5.41, 5.74) is 2.06. The highest BCUT2D eigenvalue weighted by Crippen LogP contribution is 2.39. The monoisotopic (exact) mass is 445 g/mol. The largest absolute Gasteiger partial charge is 0.339 e. The predicted molar refractivity (Wildman–Crippen MR) is 125 cm³/mol. The van der Waals surface area contributed by atoms with E-state index in [4.69, 9.17) is 0 Å². The van der Waals surface area contributed by atoms with Crippen molar-refractivity contribution in [3.05, 3.63) is 71.8 Å². The molecule has 5 rings (SSSR count). The number of benzene rings is 2. The highest BCUT2D eigenvalue weighted by atomic mass is 16.2. The van der Waals surface area contributed by atoms with Crippen LogP contribution in [0.3, 0.4) is 0 Å². The average molecular weight is 446 g/mol. The molecule has 3 fully saturated rings. The molecular weight excluding hydrogens is 414 g/mol. The number of piperidine rings is 1. The van der Waals surface area contributed by atoms with Crippen molar-refractivity contribution in [1.29, 1.82) is 0 Å². The second kappa shape index (κ2) is 9.38. The van der Waals surface area contributed by atoms with Crippen LogP contribution in [-0.4, -0.2) is 58.6 Å². The van der Waals surface area contributed by atoms with Crippen molar-refractivity contribution in [2.75, 3.05) is 26.2 Å². The zero-order valence-corrected chi connectivity index (χ0v) is 18.9. The summed E-state index contributed by atoms with van der Waals surface area (Å²) in [5.74, 6) is 0.385. The van der Waals surface area contributed by atoms with Crippen LogP contribution < -0.4 is 0 Å². The van der Waals surface area contributed by atoms with Crippen LogP contribution in [-0.2, 0) is 20.9 Å². The molecule has 2 heterocycles. The molecule has 2 aliphatic heterocycles. The molecule has 2 aromatic carbocycles. The summed E-state index contributed by atoms with van der Waals surface area (Å²) in [4.78, 5) is 44.9. The van der Waals surface area contributed by atoms with E-state index in [1.165, 1.54) is 0 Å². The van der Waals surface area contributed by atoms with Crippen molar-refractivity contribution < 1.29 is 14.4 Å². The number of piperazine rings is 1. The Morgan fingerprint density at radius 1 is 0.758 bits per heavy atom. The van der Waals surface area contributed by atoms with Gasteiger partial charge in [0.05, 0.1) is 12.0 Å². The molecule has 0 bridgehead atoms. The van der Waals surface area contributed by atoms with Gasteiger partial charge in [0.25, 0.3) is 0 Å². The number of rotatable bonds is 5. The number of nitrogens with zero attached hydrogens (tertiary/aromatic N) is 3. The van der Waals surface area contributed by atoms with Gasteiger partial charge < -0.3 is 14.7 Å². The summed E-state index contributed by atoms with van der Waals surface area (Å²) in [6.07, 6.45) is 2.95. The van der Waals surface area contributed by atoms with Crippen LogP contribution in [0.15, 0.2) is 60.7 Å². The molecule has 0 spiro atoms. The van der Waals surface area contributed by atoms with Crippen molar-refractivity contribution in [2.24, 2.45) is 11.8 Å². The second-order valence-corrected chi connectivity index (χ2v) is 9.43. The fraction of sp³-hybridized carbons (Fsp3) is 0.444. The number of amides is 3. The first-order chi connectivity index (χ1) is 16.1. The molecule has 0 unspecified atom stereocenters. The van der Waals surface area contributed by atoms with E-state index in [-0.39, 0.29) is 35.6 Å². The van der Waals surface area contributed by atoms with Crippen molar-refractivity contribution in [1.82, 2.24) is 14.7 Å². The molecule has 3 amide bonds. The molecule has 1 aliphatic carbocycles. The Labute approximate surface area is 195 Å². The summed E-state index contributed by atoms with van der Waals surface area (Å²) in [6, 6.07) is 19.6. The summed E-state index contributed by atoms with van der Waals surface area (Å²) in [7, 11) is 0. The van der Waals surface area contributed by atoms with Gasteiger partial charge in [0.15, 0.2) is 0 Å². The Morgan fingerprint density at radius 3 is 1.94 bits per heavy atom. The van der Waals surface area contributed by atoms with Gasteiger partial charge in [-0.1, -0.05) is 60.7 Å². The van der Waals surface area contributed by atoms with Gasteiger partial charge in [-0.15, -0.1) is 0 Å². The topological polar surface area (TPSA) is 60.9 Å². The average Bonchev–Trinajstić information content (AvgIpc) is 3.71. The lowest BCUT2D eigenvalue weighted by atomic mass is 9.82. The van der Waals surface area contributed by atoms with E-state index in [1.807, 2.05) is 75.4 Å². The van der Waals surface area contributed by atoms with Crippen LogP contribution in [0.5, 0.6) is 0 Å². The zero-order chi connectivity index (χ0) is 22.8. The Balaban J connectivity index is 1.36. The van der Waals surface area contributed by atoms with Crippen LogP contribution in [0.2, 0.25) is 0 Å². The quantitative estimate of drug-likeness (QED) is 0.710. The molecule has 0 aromatic heterocycles. The lowest BCUT2D eigenvalue weighted by molar-refractivity contribution is -0.151. The minimum absolute atomic E-state index is 0.0941.